The van der Waals surface area contributed by atoms with E-state index in [0.29, 0.717) is 13.2 Å². The molecular formula is C10H17ClN2O2. The van der Waals surface area contributed by atoms with Crippen molar-refractivity contribution in [1.29, 1.82) is 0 Å². The van der Waals surface area contributed by atoms with Gasteiger partial charge in [0.15, 0.2) is 0 Å². The number of hydrogen-bond donors (Lipinski definition) is 2. The van der Waals surface area contributed by atoms with Gasteiger partial charge in [-0.15, -0.1) is 12.4 Å². The summed E-state index contributed by atoms with van der Waals surface area (Å²) in [6.45, 7) is 2.75. The van der Waals surface area contributed by atoms with E-state index < -0.39 is 0 Å². The largest absolute Gasteiger partial charge is 0.394 e. The van der Waals surface area contributed by atoms with Gasteiger partial charge in [0.1, 0.15) is 0 Å². The molecule has 0 spiro atoms. The van der Waals surface area contributed by atoms with Crippen molar-refractivity contribution in [3.63, 3.8) is 0 Å². The molecule has 5 heteroatoms. The Morgan fingerprint density at radius 1 is 1.27 bits per heavy atom. The molecule has 15 heavy (non-hydrogen) atoms. The Labute approximate surface area is 96.1 Å². The lowest BCUT2D eigenvalue weighted by molar-refractivity contribution is 0.0938. The minimum atomic E-state index is 0. The Kier molecular flexibility index (Phi) is 9.41. The van der Waals surface area contributed by atoms with Crippen LogP contribution < -0.4 is 5.32 Å². The van der Waals surface area contributed by atoms with Crippen molar-refractivity contribution in [1.82, 2.24) is 10.3 Å². The van der Waals surface area contributed by atoms with E-state index in [2.05, 4.69) is 10.3 Å². The maximum atomic E-state index is 8.45. The van der Waals surface area contributed by atoms with Gasteiger partial charge in [-0.25, -0.2) is 0 Å². The Morgan fingerprint density at radius 2 is 2.00 bits per heavy atom. The zero-order valence-electron chi connectivity index (χ0n) is 8.56. The van der Waals surface area contributed by atoms with Crippen LogP contribution in [-0.2, 0) is 11.3 Å². The van der Waals surface area contributed by atoms with E-state index in [1.807, 2.05) is 12.1 Å². The van der Waals surface area contributed by atoms with Crippen LogP contribution in [0.5, 0.6) is 0 Å². The molecule has 1 aromatic heterocycles. The predicted octanol–water partition coefficient (Wildman–Crippen LogP) is 0.602. The summed E-state index contributed by atoms with van der Waals surface area (Å²) in [6, 6.07) is 3.95. The molecule has 1 rings (SSSR count). The third kappa shape index (κ3) is 7.27. The average Bonchev–Trinajstić information content (AvgIpc) is 2.25. The van der Waals surface area contributed by atoms with E-state index in [4.69, 9.17) is 9.84 Å². The van der Waals surface area contributed by atoms with Gasteiger partial charge in [-0.3, -0.25) is 4.98 Å². The second-order valence-electron chi connectivity index (χ2n) is 2.87. The van der Waals surface area contributed by atoms with Crippen molar-refractivity contribution in [3.8, 4) is 0 Å². The summed E-state index contributed by atoms with van der Waals surface area (Å²) in [4.78, 5) is 3.93. The molecular weight excluding hydrogens is 216 g/mol. The first-order valence-electron chi connectivity index (χ1n) is 4.71. The second-order valence-corrected chi connectivity index (χ2v) is 2.87. The quantitative estimate of drug-likeness (QED) is 0.677. The van der Waals surface area contributed by atoms with E-state index in [-0.39, 0.29) is 19.0 Å². The SMILES string of the molecule is Cl.OCCOCCNCc1ccncc1. The summed E-state index contributed by atoms with van der Waals surface area (Å²) < 4.78 is 5.10. The van der Waals surface area contributed by atoms with Crippen LogP contribution in [0.1, 0.15) is 5.56 Å². The average molecular weight is 233 g/mol. The van der Waals surface area contributed by atoms with Crippen LogP contribution in [0.15, 0.2) is 24.5 Å². The highest BCUT2D eigenvalue weighted by atomic mass is 35.5. The minimum absolute atomic E-state index is 0. The first-order chi connectivity index (χ1) is 6.93. The van der Waals surface area contributed by atoms with Gasteiger partial charge < -0.3 is 15.2 Å². The number of nitrogens with zero attached hydrogens (tertiary/aromatic N) is 1. The third-order valence-electron chi connectivity index (χ3n) is 1.74. The van der Waals surface area contributed by atoms with Gasteiger partial charge in [-0.2, -0.15) is 0 Å². The molecule has 0 amide bonds. The zero-order valence-corrected chi connectivity index (χ0v) is 9.37. The number of aliphatic hydroxyl groups excluding tert-OH is 1. The topological polar surface area (TPSA) is 54.4 Å². The van der Waals surface area contributed by atoms with E-state index in [9.17, 15) is 0 Å². The first kappa shape index (κ1) is 14.3. The fraction of sp³-hybridized carbons (Fsp3) is 0.500. The van der Waals surface area contributed by atoms with Crippen molar-refractivity contribution < 1.29 is 9.84 Å². The fourth-order valence-corrected chi connectivity index (χ4v) is 1.04. The number of hydrogen-bond acceptors (Lipinski definition) is 4. The van der Waals surface area contributed by atoms with Crippen LogP contribution in [0.25, 0.3) is 0 Å². The molecule has 1 heterocycles. The predicted molar refractivity (Wildman–Crippen MR) is 61.1 cm³/mol. The summed E-state index contributed by atoms with van der Waals surface area (Å²) >= 11 is 0. The maximum absolute atomic E-state index is 8.45. The summed E-state index contributed by atoms with van der Waals surface area (Å²) in [5.74, 6) is 0. The molecule has 0 unspecified atom stereocenters. The van der Waals surface area contributed by atoms with E-state index >= 15 is 0 Å². The molecule has 0 aliphatic carbocycles. The van der Waals surface area contributed by atoms with Crippen LogP contribution in [-0.4, -0.2) is 36.5 Å². The summed E-state index contributed by atoms with van der Waals surface area (Å²) in [5, 5.41) is 11.7. The van der Waals surface area contributed by atoms with Crippen molar-refractivity contribution in [3.05, 3.63) is 30.1 Å². The lowest BCUT2D eigenvalue weighted by Crippen LogP contribution is -2.19. The summed E-state index contributed by atoms with van der Waals surface area (Å²) in [5.41, 5.74) is 1.21. The summed E-state index contributed by atoms with van der Waals surface area (Å²) in [7, 11) is 0. The Morgan fingerprint density at radius 3 is 2.67 bits per heavy atom. The van der Waals surface area contributed by atoms with Crippen LogP contribution in [0.2, 0.25) is 0 Å². The molecule has 0 saturated heterocycles. The van der Waals surface area contributed by atoms with Gasteiger partial charge in [-0.05, 0) is 17.7 Å². The molecule has 0 aromatic carbocycles. The Bertz CT molecular complexity index is 234. The molecule has 0 aliphatic rings. The number of ether oxygens (including phenoxy) is 1. The maximum Gasteiger partial charge on any atom is 0.0698 e. The lowest BCUT2D eigenvalue weighted by Gasteiger charge is -2.04. The van der Waals surface area contributed by atoms with E-state index in [1.165, 1.54) is 5.56 Å². The first-order valence-corrected chi connectivity index (χ1v) is 4.71. The van der Waals surface area contributed by atoms with Crippen LogP contribution in [0, 0.1) is 0 Å². The zero-order chi connectivity index (χ0) is 10.1. The fourth-order valence-electron chi connectivity index (χ4n) is 1.04. The minimum Gasteiger partial charge on any atom is -0.394 e. The normalized spacial score (nSPS) is 9.67. The Hall–Kier alpha value is -0.680. The van der Waals surface area contributed by atoms with Crippen molar-refractivity contribution in [2.24, 2.45) is 0 Å². The number of halogens is 1. The number of aliphatic hydroxyl groups is 1. The van der Waals surface area contributed by atoms with Crippen molar-refractivity contribution in [2.75, 3.05) is 26.4 Å². The molecule has 2 N–H and O–H groups in total. The standard InChI is InChI=1S/C10H16N2O2.ClH/c13-6-8-14-7-5-12-9-10-1-3-11-4-2-10;/h1-4,12-13H,5-9H2;1H. The van der Waals surface area contributed by atoms with Crippen molar-refractivity contribution >= 4 is 12.4 Å². The molecule has 0 saturated carbocycles. The molecule has 86 valence electrons. The number of aromatic nitrogens is 1. The molecule has 1 aromatic rings. The highest BCUT2D eigenvalue weighted by Crippen LogP contribution is 1.93. The van der Waals surface area contributed by atoms with Gasteiger partial charge in [-0.1, -0.05) is 0 Å². The monoisotopic (exact) mass is 232 g/mol. The van der Waals surface area contributed by atoms with Crippen LogP contribution in [0.3, 0.4) is 0 Å². The lowest BCUT2D eigenvalue weighted by atomic mass is 10.3. The van der Waals surface area contributed by atoms with Crippen LogP contribution in [0.4, 0.5) is 0 Å². The second kappa shape index (κ2) is 9.86. The smallest absolute Gasteiger partial charge is 0.0698 e. The number of pyridine rings is 1. The molecule has 4 nitrogen and oxygen atoms in total. The van der Waals surface area contributed by atoms with Crippen molar-refractivity contribution in [2.45, 2.75) is 6.54 Å². The molecule has 0 bridgehead atoms. The molecule has 0 atom stereocenters. The Balaban J connectivity index is 0.00000196. The van der Waals surface area contributed by atoms with Gasteiger partial charge in [0.2, 0.25) is 0 Å². The highest BCUT2D eigenvalue weighted by molar-refractivity contribution is 5.85. The number of rotatable bonds is 7. The van der Waals surface area contributed by atoms with E-state index in [1.54, 1.807) is 12.4 Å². The molecule has 0 radical (unpaired) electrons. The highest BCUT2D eigenvalue weighted by Gasteiger charge is 1.90. The van der Waals surface area contributed by atoms with Gasteiger partial charge in [0.05, 0.1) is 19.8 Å². The van der Waals surface area contributed by atoms with E-state index in [0.717, 1.165) is 13.1 Å². The third-order valence-corrected chi connectivity index (χ3v) is 1.74. The summed E-state index contributed by atoms with van der Waals surface area (Å²) in [6.07, 6.45) is 3.55. The molecule has 0 fully saturated rings. The number of nitrogens with one attached hydrogen (secondary N) is 1. The van der Waals surface area contributed by atoms with Crippen LogP contribution >= 0.6 is 12.4 Å². The van der Waals surface area contributed by atoms with Gasteiger partial charge in [0.25, 0.3) is 0 Å². The van der Waals surface area contributed by atoms with Gasteiger partial charge >= 0.3 is 0 Å². The molecule has 0 aliphatic heterocycles. The van der Waals surface area contributed by atoms with Gasteiger partial charge in [0, 0.05) is 25.5 Å².